The fourth-order valence-electron chi connectivity index (χ4n) is 1.79. The van der Waals surface area contributed by atoms with Crippen LogP contribution >= 0.6 is 11.6 Å². The van der Waals surface area contributed by atoms with Gasteiger partial charge in [0, 0.05) is 0 Å². The molecule has 112 valence electrons. The van der Waals surface area contributed by atoms with Gasteiger partial charge in [-0.2, -0.15) is 5.10 Å². The molecule has 0 fully saturated rings. The van der Waals surface area contributed by atoms with Gasteiger partial charge in [0.15, 0.2) is 0 Å². The minimum Gasteiger partial charge on any atom is -0.394 e. The third-order valence-electron chi connectivity index (χ3n) is 2.99. The van der Waals surface area contributed by atoms with E-state index in [0.29, 0.717) is 17.1 Å². The second kappa shape index (κ2) is 7.10. The molecule has 0 radical (unpaired) electrons. The number of hydrogen-bond donors (Lipinski definition) is 3. The number of aromatic nitrogens is 2. The Morgan fingerprint density at radius 1 is 1.48 bits per heavy atom. The van der Waals surface area contributed by atoms with E-state index in [9.17, 15) is 4.79 Å². The van der Waals surface area contributed by atoms with E-state index in [1.807, 2.05) is 25.1 Å². The zero-order chi connectivity index (χ0) is 15.2. The van der Waals surface area contributed by atoms with E-state index in [2.05, 4.69) is 15.7 Å². The summed E-state index contributed by atoms with van der Waals surface area (Å²) in [6.45, 7) is 1.79. The fourth-order valence-corrected chi connectivity index (χ4v) is 2.01. The van der Waals surface area contributed by atoms with E-state index in [4.69, 9.17) is 16.7 Å². The maximum Gasteiger partial charge on any atom is 0.319 e. The summed E-state index contributed by atoms with van der Waals surface area (Å²) in [5.74, 6) is 0. The molecule has 7 heteroatoms. The predicted octanol–water partition coefficient (Wildman–Crippen LogP) is 2.42. The van der Waals surface area contributed by atoms with Crippen molar-refractivity contribution in [3.05, 3.63) is 41.7 Å². The topological polar surface area (TPSA) is 79.2 Å². The molecule has 2 rings (SSSR count). The zero-order valence-electron chi connectivity index (χ0n) is 11.6. The summed E-state index contributed by atoms with van der Waals surface area (Å²) in [5, 5.41) is 19.1. The Kier molecular flexibility index (Phi) is 5.19. The molecule has 2 aromatic rings. The van der Waals surface area contributed by atoms with Crippen LogP contribution < -0.4 is 10.6 Å². The first-order chi connectivity index (χ1) is 10.1. The van der Waals surface area contributed by atoms with Crippen LogP contribution in [0.3, 0.4) is 0 Å². The minimum absolute atomic E-state index is 0.0944. The lowest BCUT2D eigenvalue weighted by Crippen LogP contribution is -2.39. The average molecular weight is 309 g/mol. The van der Waals surface area contributed by atoms with E-state index < -0.39 is 0 Å². The molecule has 3 N–H and O–H groups in total. The molecule has 1 aromatic heterocycles. The van der Waals surface area contributed by atoms with E-state index >= 15 is 0 Å². The molecule has 1 atom stereocenters. The van der Waals surface area contributed by atoms with Gasteiger partial charge in [0.25, 0.3) is 0 Å². The van der Waals surface area contributed by atoms with Gasteiger partial charge in [-0.1, -0.05) is 30.7 Å². The number of rotatable bonds is 5. The second-order valence-corrected chi connectivity index (χ2v) is 4.92. The lowest BCUT2D eigenvalue weighted by molar-refractivity contribution is 0.222. The number of aliphatic hydroxyl groups excluding tert-OH is 1. The molecule has 1 heterocycles. The molecule has 6 nitrogen and oxygen atoms in total. The first kappa shape index (κ1) is 15.3. The van der Waals surface area contributed by atoms with E-state index in [-0.39, 0.29) is 18.7 Å². The standard InChI is InChI=1S/C14H17ClN4O2/c1-2-10(9-20)17-14(21)18-11-7-16-19(8-11)13-6-4-3-5-12(13)15/h3-8,10,20H,2,9H2,1H3,(H2,17,18,21)/t10-/m0/s1. The van der Waals surface area contributed by atoms with Crippen LogP contribution in [0.2, 0.25) is 5.02 Å². The number of urea groups is 1. The third-order valence-corrected chi connectivity index (χ3v) is 3.31. The van der Waals surface area contributed by atoms with Crippen molar-refractivity contribution >= 4 is 23.3 Å². The van der Waals surface area contributed by atoms with Gasteiger partial charge in [0.2, 0.25) is 0 Å². The van der Waals surface area contributed by atoms with Crippen molar-refractivity contribution in [2.75, 3.05) is 11.9 Å². The number of carbonyl (C=O) groups is 1. The third kappa shape index (κ3) is 3.96. The summed E-state index contributed by atoms with van der Waals surface area (Å²) in [6.07, 6.45) is 3.85. The Bertz CT molecular complexity index is 611. The summed E-state index contributed by atoms with van der Waals surface area (Å²) in [5.41, 5.74) is 1.27. The number of carbonyl (C=O) groups excluding carboxylic acids is 1. The van der Waals surface area contributed by atoms with Gasteiger partial charge in [-0.15, -0.1) is 0 Å². The van der Waals surface area contributed by atoms with Crippen molar-refractivity contribution in [1.29, 1.82) is 0 Å². The summed E-state index contributed by atoms with van der Waals surface area (Å²) in [4.78, 5) is 11.8. The van der Waals surface area contributed by atoms with Crippen LogP contribution in [-0.2, 0) is 0 Å². The van der Waals surface area contributed by atoms with Crippen LogP contribution in [0.1, 0.15) is 13.3 Å². The van der Waals surface area contributed by atoms with Gasteiger partial charge in [0.05, 0.1) is 41.4 Å². The maximum atomic E-state index is 11.8. The number of halogens is 1. The Morgan fingerprint density at radius 3 is 2.90 bits per heavy atom. The predicted molar refractivity (Wildman–Crippen MR) is 81.9 cm³/mol. The van der Waals surface area contributed by atoms with Crippen molar-refractivity contribution in [2.24, 2.45) is 0 Å². The molecule has 0 spiro atoms. The van der Waals surface area contributed by atoms with Crippen LogP contribution in [0.25, 0.3) is 5.69 Å². The largest absolute Gasteiger partial charge is 0.394 e. The van der Waals surface area contributed by atoms with E-state index in [1.165, 1.54) is 6.20 Å². The highest BCUT2D eigenvalue weighted by molar-refractivity contribution is 6.32. The SMILES string of the molecule is CC[C@@H](CO)NC(=O)Nc1cnn(-c2ccccc2Cl)c1. The van der Waals surface area contributed by atoms with Crippen molar-refractivity contribution in [3.8, 4) is 5.69 Å². The Hall–Kier alpha value is -2.05. The molecule has 0 aliphatic rings. The highest BCUT2D eigenvalue weighted by atomic mass is 35.5. The molecular formula is C14H17ClN4O2. The molecular weight excluding hydrogens is 292 g/mol. The number of anilines is 1. The van der Waals surface area contributed by atoms with Gasteiger partial charge in [-0.3, -0.25) is 0 Å². The molecule has 0 saturated heterocycles. The molecule has 1 aromatic carbocycles. The lowest BCUT2D eigenvalue weighted by Gasteiger charge is -2.13. The van der Waals surface area contributed by atoms with Crippen molar-refractivity contribution in [3.63, 3.8) is 0 Å². The molecule has 0 aliphatic heterocycles. The van der Waals surface area contributed by atoms with Crippen LogP contribution in [0, 0.1) is 0 Å². The van der Waals surface area contributed by atoms with Gasteiger partial charge >= 0.3 is 6.03 Å². The molecule has 21 heavy (non-hydrogen) atoms. The van der Waals surface area contributed by atoms with Gasteiger partial charge in [0.1, 0.15) is 0 Å². The number of amides is 2. The normalized spacial score (nSPS) is 12.0. The first-order valence-corrected chi connectivity index (χ1v) is 6.99. The highest BCUT2D eigenvalue weighted by Gasteiger charge is 2.10. The van der Waals surface area contributed by atoms with Crippen LogP contribution in [-0.4, -0.2) is 33.6 Å². The number of para-hydroxylation sites is 1. The smallest absolute Gasteiger partial charge is 0.319 e. The molecule has 0 aliphatic carbocycles. The van der Waals surface area contributed by atoms with Crippen LogP contribution in [0.5, 0.6) is 0 Å². The average Bonchev–Trinajstić information content (AvgIpc) is 2.93. The molecule has 0 unspecified atom stereocenters. The fraction of sp³-hybridized carbons (Fsp3) is 0.286. The maximum absolute atomic E-state index is 11.8. The monoisotopic (exact) mass is 308 g/mol. The molecule has 0 bridgehead atoms. The van der Waals surface area contributed by atoms with Crippen LogP contribution in [0.4, 0.5) is 10.5 Å². The van der Waals surface area contributed by atoms with Gasteiger partial charge in [-0.25, -0.2) is 9.48 Å². The van der Waals surface area contributed by atoms with Gasteiger partial charge in [-0.05, 0) is 18.6 Å². The van der Waals surface area contributed by atoms with Crippen molar-refractivity contribution in [1.82, 2.24) is 15.1 Å². The Balaban J connectivity index is 2.04. The number of hydrogen-bond acceptors (Lipinski definition) is 3. The summed E-state index contributed by atoms with van der Waals surface area (Å²) < 4.78 is 1.58. The number of aliphatic hydroxyl groups is 1. The minimum atomic E-state index is -0.380. The van der Waals surface area contributed by atoms with Crippen LogP contribution in [0.15, 0.2) is 36.7 Å². The van der Waals surface area contributed by atoms with Gasteiger partial charge < -0.3 is 15.7 Å². The zero-order valence-corrected chi connectivity index (χ0v) is 12.3. The Morgan fingerprint density at radius 2 is 2.24 bits per heavy atom. The number of nitrogens with one attached hydrogen (secondary N) is 2. The highest BCUT2D eigenvalue weighted by Crippen LogP contribution is 2.20. The first-order valence-electron chi connectivity index (χ1n) is 6.62. The summed E-state index contributed by atoms with van der Waals surface area (Å²) >= 11 is 6.09. The van der Waals surface area contributed by atoms with Crippen molar-refractivity contribution in [2.45, 2.75) is 19.4 Å². The van der Waals surface area contributed by atoms with Crippen molar-refractivity contribution < 1.29 is 9.90 Å². The van der Waals surface area contributed by atoms with E-state index in [0.717, 1.165) is 5.69 Å². The number of benzene rings is 1. The number of nitrogens with zero attached hydrogens (tertiary/aromatic N) is 2. The molecule has 2 amide bonds. The summed E-state index contributed by atoms with van der Waals surface area (Å²) in [6, 6.07) is 6.65. The second-order valence-electron chi connectivity index (χ2n) is 4.51. The van der Waals surface area contributed by atoms with E-state index in [1.54, 1.807) is 16.9 Å². The lowest BCUT2D eigenvalue weighted by atomic mass is 10.2. The quantitative estimate of drug-likeness (QED) is 0.793. The summed E-state index contributed by atoms with van der Waals surface area (Å²) in [7, 11) is 0. The molecule has 0 saturated carbocycles. The Labute approximate surface area is 127 Å².